The molecule has 2 rings (SSSR count). The van der Waals surface area contributed by atoms with Gasteiger partial charge in [0, 0.05) is 6.42 Å². The Morgan fingerprint density at radius 1 is 1.59 bits per heavy atom. The summed E-state index contributed by atoms with van der Waals surface area (Å²) in [6, 6.07) is 5.68. The third-order valence-corrected chi connectivity index (χ3v) is 4.12. The normalized spacial score (nSPS) is 10.5. The number of rotatable bonds is 4. The van der Waals surface area contributed by atoms with Gasteiger partial charge in [0.05, 0.1) is 15.9 Å². The van der Waals surface area contributed by atoms with Crippen LogP contribution in [0.1, 0.15) is 13.3 Å². The van der Waals surface area contributed by atoms with Crippen molar-refractivity contribution in [2.75, 3.05) is 11.7 Å². The van der Waals surface area contributed by atoms with Gasteiger partial charge >= 0.3 is 5.97 Å². The van der Waals surface area contributed by atoms with Crippen LogP contribution in [0.2, 0.25) is 0 Å². The molecule has 1 aromatic heterocycles. The second kappa shape index (κ2) is 5.37. The lowest BCUT2D eigenvalue weighted by Crippen LogP contribution is -2.08. The Kier molecular flexibility index (Phi) is 3.86. The lowest BCUT2D eigenvalue weighted by Gasteiger charge is -2.04. The molecule has 1 N–H and O–H groups in total. The molecule has 90 valence electrons. The van der Waals surface area contributed by atoms with Crippen molar-refractivity contribution in [1.29, 1.82) is 0 Å². The second-order valence-corrected chi connectivity index (χ2v) is 5.38. The molecule has 0 amide bonds. The first-order chi connectivity index (χ1) is 8.22. The van der Waals surface area contributed by atoms with Crippen LogP contribution in [0.5, 0.6) is 0 Å². The smallest absolute Gasteiger partial charge is 0.331 e. The van der Waals surface area contributed by atoms with Gasteiger partial charge in [0.1, 0.15) is 0 Å². The van der Waals surface area contributed by atoms with Crippen molar-refractivity contribution < 1.29 is 9.63 Å². The van der Waals surface area contributed by atoms with E-state index in [-0.39, 0.29) is 5.97 Å². The fraction of sp³-hybridized carbons (Fsp3) is 0.273. The lowest BCUT2D eigenvalue weighted by molar-refractivity contribution is -0.140. The van der Waals surface area contributed by atoms with Crippen molar-refractivity contribution >= 4 is 45.0 Å². The highest BCUT2D eigenvalue weighted by atomic mass is 32.2. The van der Waals surface area contributed by atoms with Crippen LogP contribution in [-0.4, -0.2) is 17.2 Å². The number of anilines is 1. The van der Waals surface area contributed by atoms with Crippen molar-refractivity contribution in [3.05, 3.63) is 18.2 Å². The fourth-order valence-electron chi connectivity index (χ4n) is 1.24. The monoisotopic (exact) mass is 268 g/mol. The van der Waals surface area contributed by atoms with Gasteiger partial charge in [-0.05, 0) is 24.5 Å². The van der Waals surface area contributed by atoms with Crippen LogP contribution in [0, 0.1) is 0 Å². The first kappa shape index (κ1) is 12.2. The van der Waals surface area contributed by atoms with Crippen LogP contribution in [-0.2, 0) is 9.63 Å². The Morgan fingerprint density at radius 2 is 2.41 bits per heavy atom. The van der Waals surface area contributed by atoms with Gasteiger partial charge in [-0.3, -0.25) is 0 Å². The van der Waals surface area contributed by atoms with Crippen molar-refractivity contribution in [2.24, 2.45) is 0 Å². The summed E-state index contributed by atoms with van der Waals surface area (Å²) in [7, 11) is 0. The average Bonchev–Trinajstić information content (AvgIpc) is 2.77. The molecule has 0 radical (unpaired) electrons. The van der Waals surface area contributed by atoms with Crippen LogP contribution < -0.4 is 5.48 Å². The van der Waals surface area contributed by atoms with Gasteiger partial charge in [-0.15, -0.1) is 11.3 Å². The first-order valence-corrected chi connectivity index (χ1v) is 7.17. The average molecular weight is 268 g/mol. The van der Waals surface area contributed by atoms with E-state index in [1.54, 1.807) is 30.0 Å². The number of benzene rings is 1. The van der Waals surface area contributed by atoms with Gasteiger partial charge in [-0.1, -0.05) is 18.7 Å². The van der Waals surface area contributed by atoms with Gasteiger partial charge in [-0.2, -0.15) is 0 Å². The van der Waals surface area contributed by atoms with E-state index in [2.05, 4.69) is 10.5 Å². The zero-order chi connectivity index (χ0) is 12.3. The lowest BCUT2D eigenvalue weighted by atomic mass is 10.3. The molecule has 1 aromatic carbocycles. The van der Waals surface area contributed by atoms with E-state index in [1.165, 1.54) is 0 Å². The zero-order valence-electron chi connectivity index (χ0n) is 9.52. The summed E-state index contributed by atoms with van der Waals surface area (Å²) in [4.78, 5) is 20.3. The molecule has 17 heavy (non-hydrogen) atoms. The molecule has 0 saturated heterocycles. The highest BCUT2D eigenvalue weighted by Crippen LogP contribution is 2.29. The maximum atomic E-state index is 11.0. The molecule has 0 spiro atoms. The Bertz CT molecular complexity index is 539. The minimum absolute atomic E-state index is 0.279. The minimum Gasteiger partial charge on any atom is -0.343 e. The SMILES string of the molecule is CCC(=O)ONc1ccc2nc(SC)sc2c1. The van der Waals surface area contributed by atoms with Gasteiger partial charge in [-0.25, -0.2) is 15.3 Å². The molecule has 4 nitrogen and oxygen atoms in total. The molecule has 0 atom stereocenters. The molecule has 0 fully saturated rings. The third-order valence-electron chi connectivity index (χ3n) is 2.11. The number of hydrogen-bond donors (Lipinski definition) is 1. The van der Waals surface area contributed by atoms with E-state index in [0.29, 0.717) is 6.42 Å². The molecule has 0 aliphatic rings. The summed E-state index contributed by atoms with van der Waals surface area (Å²) < 4.78 is 2.11. The highest BCUT2D eigenvalue weighted by Gasteiger charge is 2.04. The summed E-state index contributed by atoms with van der Waals surface area (Å²) in [6.07, 6.45) is 2.35. The van der Waals surface area contributed by atoms with Crippen LogP contribution in [0.4, 0.5) is 5.69 Å². The largest absolute Gasteiger partial charge is 0.343 e. The Labute approximate surface area is 107 Å². The summed E-state index contributed by atoms with van der Waals surface area (Å²) in [6.45, 7) is 1.75. The predicted octanol–water partition coefficient (Wildman–Crippen LogP) is 3.30. The van der Waals surface area contributed by atoms with Crippen LogP contribution >= 0.6 is 23.1 Å². The molecule has 0 aliphatic carbocycles. The fourth-order valence-corrected chi connectivity index (χ4v) is 2.77. The van der Waals surface area contributed by atoms with Gasteiger partial charge in [0.2, 0.25) is 0 Å². The standard InChI is InChI=1S/C11H12N2O2S2/c1-3-10(14)15-13-7-4-5-8-9(6-7)17-11(12-8)16-2/h4-6,13H,3H2,1-2H3. The maximum Gasteiger partial charge on any atom is 0.331 e. The topological polar surface area (TPSA) is 51.2 Å². The van der Waals surface area contributed by atoms with Gasteiger partial charge in [0.25, 0.3) is 0 Å². The van der Waals surface area contributed by atoms with Crippen molar-refractivity contribution in [3.63, 3.8) is 0 Å². The number of nitrogens with zero attached hydrogens (tertiary/aromatic N) is 1. The summed E-state index contributed by atoms with van der Waals surface area (Å²) in [5.74, 6) is -0.279. The number of thiazole rings is 1. The van der Waals surface area contributed by atoms with Gasteiger partial charge < -0.3 is 4.84 Å². The Hall–Kier alpha value is -1.27. The number of thioether (sulfide) groups is 1. The number of fused-ring (bicyclic) bond motifs is 1. The third kappa shape index (κ3) is 2.89. The van der Waals surface area contributed by atoms with Gasteiger partial charge in [0.15, 0.2) is 4.34 Å². The molecular weight excluding hydrogens is 256 g/mol. The quantitative estimate of drug-likeness (QED) is 0.681. The van der Waals surface area contributed by atoms with E-state index in [9.17, 15) is 4.79 Å². The minimum atomic E-state index is -0.279. The van der Waals surface area contributed by atoms with E-state index in [0.717, 1.165) is 20.2 Å². The number of aromatic nitrogens is 1. The molecule has 1 heterocycles. The van der Waals surface area contributed by atoms with E-state index in [1.807, 2.05) is 24.5 Å². The van der Waals surface area contributed by atoms with Crippen molar-refractivity contribution in [3.8, 4) is 0 Å². The van der Waals surface area contributed by atoms with E-state index < -0.39 is 0 Å². The number of nitrogens with one attached hydrogen (secondary N) is 1. The van der Waals surface area contributed by atoms with E-state index in [4.69, 9.17) is 4.84 Å². The second-order valence-electron chi connectivity index (χ2n) is 3.30. The van der Waals surface area contributed by atoms with Crippen LogP contribution in [0.25, 0.3) is 10.2 Å². The molecule has 0 unspecified atom stereocenters. The number of carbonyl (C=O) groups is 1. The predicted molar refractivity (Wildman–Crippen MR) is 71.4 cm³/mol. The Morgan fingerprint density at radius 3 is 3.12 bits per heavy atom. The number of carbonyl (C=O) groups excluding carboxylic acids is 1. The van der Waals surface area contributed by atoms with Crippen LogP contribution in [0.15, 0.2) is 22.5 Å². The zero-order valence-corrected chi connectivity index (χ0v) is 11.2. The van der Waals surface area contributed by atoms with Crippen molar-refractivity contribution in [2.45, 2.75) is 17.7 Å². The van der Waals surface area contributed by atoms with Crippen molar-refractivity contribution in [1.82, 2.24) is 4.98 Å². The molecule has 2 aromatic rings. The van der Waals surface area contributed by atoms with Crippen LogP contribution in [0.3, 0.4) is 0 Å². The molecular formula is C11H12N2O2S2. The molecule has 0 aliphatic heterocycles. The summed E-state index contributed by atoms with van der Waals surface area (Å²) in [5, 5.41) is 0. The Balaban J connectivity index is 2.16. The number of hydrogen-bond acceptors (Lipinski definition) is 6. The summed E-state index contributed by atoms with van der Waals surface area (Å²) >= 11 is 3.25. The molecule has 6 heteroatoms. The summed E-state index contributed by atoms with van der Waals surface area (Å²) in [5.41, 5.74) is 4.36. The molecule has 0 saturated carbocycles. The molecule has 0 bridgehead atoms. The first-order valence-electron chi connectivity index (χ1n) is 5.13. The van der Waals surface area contributed by atoms with E-state index >= 15 is 0 Å². The highest BCUT2D eigenvalue weighted by molar-refractivity contribution is 8.00. The maximum absolute atomic E-state index is 11.0.